The van der Waals surface area contributed by atoms with E-state index >= 15 is 0 Å². The summed E-state index contributed by atoms with van der Waals surface area (Å²) in [7, 11) is 0. The largest absolute Gasteiger partial charge is 0.420 e. The minimum absolute atomic E-state index is 0.0174. The maximum Gasteiger partial charge on any atom is 0.420 e. The maximum atomic E-state index is 12.9. The number of amides is 1. The van der Waals surface area contributed by atoms with Crippen LogP contribution in [0.1, 0.15) is 21.5 Å². The van der Waals surface area contributed by atoms with Crippen molar-refractivity contribution in [3.8, 4) is 0 Å². The molecule has 1 amide bonds. The number of nitrogens with zero attached hydrogens (tertiary/aromatic N) is 1. The number of carbonyl (C=O) groups excluding carboxylic acids is 1. The second kappa shape index (κ2) is 7.55. The van der Waals surface area contributed by atoms with Crippen molar-refractivity contribution in [2.75, 3.05) is 5.32 Å². The molecule has 8 heteroatoms. The number of nitrogens with one attached hydrogen (secondary N) is 1. The number of oxazole rings is 1. The summed E-state index contributed by atoms with van der Waals surface area (Å²) in [5.74, 6) is -1.17. The van der Waals surface area contributed by atoms with Crippen LogP contribution in [-0.2, 0) is 12.7 Å². The van der Waals surface area contributed by atoms with Crippen molar-refractivity contribution >= 4 is 22.7 Å². The Labute approximate surface area is 168 Å². The first-order chi connectivity index (χ1) is 14.3. The molecule has 0 spiro atoms. The molecule has 1 aromatic heterocycles. The van der Waals surface area contributed by atoms with Crippen molar-refractivity contribution < 1.29 is 22.4 Å². The first-order valence-electron chi connectivity index (χ1n) is 8.97. The molecule has 1 N–H and O–H groups in total. The van der Waals surface area contributed by atoms with Crippen LogP contribution in [-0.4, -0.2) is 10.5 Å². The third-order valence-corrected chi connectivity index (χ3v) is 4.56. The third-order valence-electron chi connectivity index (χ3n) is 4.56. The molecule has 30 heavy (non-hydrogen) atoms. The van der Waals surface area contributed by atoms with Gasteiger partial charge in [-0.05, 0) is 42.0 Å². The summed E-state index contributed by atoms with van der Waals surface area (Å²) in [6.07, 6.45) is -4.51. The number of fused-ring (bicyclic) bond motifs is 1. The maximum absolute atomic E-state index is 12.9. The lowest BCUT2D eigenvalue weighted by atomic mass is 10.1. The second-order valence-corrected chi connectivity index (χ2v) is 6.65. The van der Waals surface area contributed by atoms with Gasteiger partial charge in [0.1, 0.15) is 0 Å². The molecule has 0 aliphatic carbocycles. The smallest absolute Gasteiger partial charge is 0.408 e. The average Bonchev–Trinajstić information content (AvgIpc) is 3.03. The molecule has 0 saturated carbocycles. The summed E-state index contributed by atoms with van der Waals surface area (Å²) in [4.78, 5) is 24.8. The minimum atomic E-state index is -4.51. The van der Waals surface area contributed by atoms with Crippen LogP contribution < -0.4 is 11.1 Å². The zero-order valence-electron chi connectivity index (χ0n) is 15.4. The van der Waals surface area contributed by atoms with Crippen molar-refractivity contribution in [1.29, 1.82) is 0 Å². The quantitative estimate of drug-likeness (QED) is 0.518. The first-order valence-corrected chi connectivity index (χ1v) is 8.97. The molecule has 0 bridgehead atoms. The minimum Gasteiger partial charge on any atom is -0.408 e. The van der Waals surface area contributed by atoms with E-state index in [4.69, 9.17) is 4.42 Å². The Morgan fingerprint density at radius 1 is 0.967 bits per heavy atom. The van der Waals surface area contributed by atoms with Gasteiger partial charge < -0.3 is 9.73 Å². The first kappa shape index (κ1) is 19.5. The van der Waals surface area contributed by atoms with Crippen LogP contribution in [0.3, 0.4) is 0 Å². The fraction of sp³-hybridized carbons (Fsp3) is 0.0909. The van der Waals surface area contributed by atoms with Crippen LogP contribution in [0.15, 0.2) is 82.0 Å². The van der Waals surface area contributed by atoms with Gasteiger partial charge in [-0.25, -0.2) is 4.79 Å². The molecule has 0 radical (unpaired) electrons. The topological polar surface area (TPSA) is 64.2 Å². The summed E-state index contributed by atoms with van der Waals surface area (Å²) < 4.78 is 45.2. The number of hydrogen-bond acceptors (Lipinski definition) is 3. The molecule has 0 saturated heterocycles. The highest BCUT2D eigenvalue weighted by atomic mass is 19.4. The van der Waals surface area contributed by atoms with Gasteiger partial charge in [0.15, 0.2) is 5.58 Å². The Hall–Kier alpha value is -3.81. The van der Waals surface area contributed by atoms with E-state index in [2.05, 4.69) is 5.32 Å². The number of rotatable bonds is 4. The number of aromatic nitrogens is 1. The molecule has 0 unspecified atom stereocenters. The van der Waals surface area contributed by atoms with Crippen molar-refractivity contribution in [2.45, 2.75) is 12.7 Å². The van der Waals surface area contributed by atoms with Gasteiger partial charge in [-0.15, -0.1) is 0 Å². The van der Waals surface area contributed by atoms with Crippen molar-refractivity contribution in [2.24, 2.45) is 0 Å². The Balaban J connectivity index is 1.64. The van der Waals surface area contributed by atoms with Crippen LogP contribution in [0.25, 0.3) is 11.1 Å². The van der Waals surface area contributed by atoms with Crippen LogP contribution in [0.4, 0.5) is 18.9 Å². The molecule has 3 aromatic carbocycles. The van der Waals surface area contributed by atoms with Crippen LogP contribution in [0.2, 0.25) is 0 Å². The van der Waals surface area contributed by atoms with Gasteiger partial charge in [0.05, 0.1) is 17.6 Å². The predicted molar refractivity (Wildman–Crippen MR) is 105 cm³/mol. The van der Waals surface area contributed by atoms with E-state index < -0.39 is 23.4 Å². The fourth-order valence-electron chi connectivity index (χ4n) is 3.10. The summed E-state index contributed by atoms with van der Waals surface area (Å²) in [6.45, 7) is 0.255. The number of benzene rings is 3. The second-order valence-electron chi connectivity index (χ2n) is 6.65. The highest BCUT2D eigenvalue weighted by Gasteiger charge is 2.30. The van der Waals surface area contributed by atoms with E-state index in [1.54, 1.807) is 0 Å². The van der Waals surface area contributed by atoms with Gasteiger partial charge in [0.2, 0.25) is 0 Å². The van der Waals surface area contributed by atoms with E-state index in [1.807, 2.05) is 30.3 Å². The van der Waals surface area contributed by atoms with Gasteiger partial charge in [-0.3, -0.25) is 9.36 Å². The number of halogens is 3. The molecular formula is C22H15F3N2O3. The van der Waals surface area contributed by atoms with E-state index in [0.29, 0.717) is 11.1 Å². The number of carbonyl (C=O) groups is 1. The summed E-state index contributed by atoms with van der Waals surface area (Å²) in [5.41, 5.74) is 0.946. The van der Waals surface area contributed by atoms with E-state index in [0.717, 1.165) is 17.7 Å². The van der Waals surface area contributed by atoms with E-state index in [9.17, 15) is 22.8 Å². The Bertz CT molecular complexity index is 1270. The predicted octanol–water partition coefficient (Wildman–Crippen LogP) is 4.91. The van der Waals surface area contributed by atoms with Gasteiger partial charge in [-0.1, -0.05) is 36.4 Å². The Kier molecular flexibility index (Phi) is 4.91. The lowest BCUT2D eigenvalue weighted by Gasteiger charge is -2.10. The van der Waals surface area contributed by atoms with E-state index in [-0.39, 0.29) is 17.8 Å². The standard InChI is InChI=1S/C22H15F3N2O3/c23-22(24,25)16-7-4-8-17(12-16)26-20(28)15-9-10-19-18(11-15)27(21(29)30-19)13-14-5-2-1-3-6-14/h1-12H,13H2,(H,26,28). The summed E-state index contributed by atoms with van der Waals surface area (Å²) in [6, 6.07) is 18.0. The molecule has 5 nitrogen and oxygen atoms in total. The molecule has 4 rings (SSSR count). The van der Waals surface area contributed by atoms with E-state index in [1.165, 1.54) is 34.9 Å². The van der Waals surface area contributed by atoms with Gasteiger partial charge >= 0.3 is 11.9 Å². The molecule has 1 heterocycles. The van der Waals surface area contributed by atoms with Crippen LogP contribution >= 0.6 is 0 Å². The summed E-state index contributed by atoms with van der Waals surface area (Å²) in [5, 5.41) is 2.45. The zero-order valence-corrected chi connectivity index (χ0v) is 15.4. The van der Waals surface area contributed by atoms with Crippen molar-refractivity contribution in [3.05, 3.63) is 100 Å². The lowest BCUT2D eigenvalue weighted by molar-refractivity contribution is -0.137. The van der Waals surface area contributed by atoms with Gasteiger partial charge in [0, 0.05) is 11.3 Å². The van der Waals surface area contributed by atoms with Crippen LogP contribution in [0.5, 0.6) is 0 Å². The molecule has 0 atom stereocenters. The highest BCUT2D eigenvalue weighted by Crippen LogP contribution is 2.30. The number of hydrogen-bond donors (Lipinski definition) is 1. The summed E-state index contributed by atoms with van der Waals surface area (Å²) >= 11 is 0. The zero-order chi connectivity index (χ0) is 21.3. The number of alkyl halides is 3. The van der Waals surface area contributed by atoms with Crippen molar-refractivity contribution in [1.82, 2.24) is 4.57 Å². The Morgan fingerprint density at radius 2 is 1.73 bits per heavy atom. The van der Waals surface area contributed by atoms with Crippen molar-refractivity contribution in [3.63, 3.8) is 0 Å². The lowest BCUT2D eigenvalue weighted by Crippen LogP contribution is -2.16. The number of anilines is 1. The van der Waals surface area contributed by atoms with Gasteiger partial charge in [-0.2, -0.15) is 13.2 Å². The third kappa shape index (κ3) is 3.98. The molecule has 0 aliphatic rings. The fourth-order valence-corrected chi connectivity index (χ4v) is 3.10. The monoisotopic (exact) mass is 412 g/mol. The highest BCUT2D eigenvalue weighted by molar-refractivity contribution is 6.05. The Morgan fingerprint density at radius 3 is 2.47 bits per heavy atom. The molecule has 0 fully saturated rings. The molecule has 0 aliphatic heterocycles. The average molecular weight is 412 g/mol. The molecule has 152 valence electrons. The molecule has 4 aromatic rings. The van der Waals surface area contributed by atoms with Gasteiger partial charge in [0.25, 0.3) is 5.91 Å². The molecular weight excluding hydrogens is 397 g/mol. The van der Waals surface area contributed by atoms with Crippen LogP contribution in [0, 0.1) is 0 Å². The normalized spacial score (nSPS) is 11.6. The SMILES string of the molecule is O=C(Nc1cccc(C(F)(F)F)c1)c1ccc2oc(=O)n(Cc3ccccc3)c2c1.